The Kier molecular flexibility index (Phi) is 9.63. The zero-order valence-corrected chi connectivity index (χ0v) is 19.1. The highest BCUT2D eigenvalue weighted by Crippen LogP contribution is 2.31. The van der Waals surface area contributed by atoms with Gasteiger partial charge in [-0.25, -0.2) is 4.79 Å². The van der Waals surface area contributed by atoms with Gasteiger partial charge in [-0.05, 0) is 19.3 Å². The predicted molar refractivity (Wildman–Crippen MR) is 111 cm³/mol. The number of carbonyl (C=O) groups excluding carboxylic acids is 1. The van der Waals surface area contributed by atoms with E-state index in [9.17, 15) is 4.79 Å². The molecular formula is C21H40NO5Si+. The number of quaternary nitrogens is 1. The summed E-state index contributed by atoms with van der Waals surface area (Å²) in [6.07, 6.45) is 9.78. The fraction of sp³-hybridized carbons (Fsp3) is 0.857. The molecule has 0 aromatic rings. The number of hydrogen-bond donors (Lipinski definition) is 0. The maximum atomic E-state index is 12.1. The molecule has 7 heteroatoms. The minimum Gasteiger partial charge on any atom is -0.449 e. The third-order valence-corrected chi connectivity index (χ3v) is 8.04. The van der Waals surface area contributed by atoms with Crippen molar-refractivity contribution in [3.63, 3.8) is 0 Å². The lowest BCUT2D eigenvalue weighted by atomic mass is 10.1. The van der Waals surface area contributed by atoms with Gasteiger partial charge in [0, 0.05) is 6.08 Å². The number of carbonyl (C=O) groups is 1. The van der Waals surface area contributed by atoms with E-state index in [2.05, 4.69) is 27.4 Å². The summed E-state index contributed by atoms with van der Waals surface area (Å²) in [5.41, 5.74) is 0. The van der Waals surface area contributed by atoms with Crippen molar-refractivity contribution in [3.8, 4) is 0 Å². The smallest absolute Gasteiger partial charge is 0.449 e. The van der Waals surface area contributed by atoms with Gasteiger partial charge in [0.1, 0.15) is 31.8 Å². The summed E-state index contributed by atoms with van der Waals surface area (Å²) in [5.74, 6) is -0.525. The van der Waals surface area contributed by atoms with Crippen molar-refractivity contribution in [3.05, 3.63) is 12.7 Å². The highest BCUT2D eigenvalue weighted by atomic mass is 28.4. The molecule has 0 aliphatic carbocycles. The zero-order chi connectivity index (χ0) is 20.5. The summed E-state index contributed by atoms with van der Waals surface area (Å²) in [4.78, 5) is 12.1. The second kappa shape index (κ2) is 11.5. The van der Waals surface area contributed by atoms with E-state index >= 15 is 0 Å². The molecule has 0 aromatic carbocycles. The van der Waals surface area contributed by atoms with E-state index in [1.165, 1.54) is 18.9 Å². The van der Waals surface area contributed by atoms with E-state index in [1.54, 1.807) is 0 Å². The number of rotatable bonds is 11. The molecule has 3 heterocycles. The maximum Gasteiger partial charge on any atom is 0.753 e. The van der Waals surface area contributed by atoms with Gasteiger partial charge in [-0.1, -0.05) is 59.5 Å². The van der Waals surface area contributed by atoms with Gasteiger partial charge in [0.05, 0.1) is 13.2 Å². The molecule has 0 saturated carbocycles. The second-order valence-corrected chi connectivity index (χ2v) is 10.2. The van der Waals surface area contributed by atoms with Gasteiger partial charge in [-0.2, -0.15) is 0 Å². The first kappa shape index (κ1) is 23.5. The molecule has 0 spiro atoms. The summed E-state index contributed by atoms with van der Waals surface area (Å²) in [6, 6.07) is 0. The first-order valence-electron chi connectivity index (χ1n) is 11.2. The van der Waals surface area contributed by atoms with E-state index in [0.29, 0.717) is 6.61 Å². The lowest BCUT2D eigenvalue weighted by Gasteiger charge is -2.49. The third kappa shape index (κ3) is 6.66. The van der Waals surface area contributed by atoms with Gasteiger partial charge in [-0.15, -0.1) is 0 Å². The monoisotopic (exact) mass is 414 g/mol. The van der Waals surface area contributed by atoms with Crippen LogP contribution in [-0.4, -0.2) is 64.5 Å². The van der Waals surface area contributed by atoms with Crippen LogP contribution in [0.2, 0.25) is 0 Å². The van der Waals surface area contributed by atoms with Crippen LogP contribution in [0, 0.1) is 0 Å². The normalized spacial score (nSPS) is 33.0. The van der Waals surface area contributed by atoms with Crippen molar-refractivity contribution in [2.24, 2.45) is 0 Å². The van der Waals surface area contributed by atoms with Crippen LogP contribution >= 0.6 is 0 Å². The highest BCUT2D eigenvalue weighted by Gasteiger charge is 2.58. The minimum atomic E-state index is -3.53. The average molecular weight is 415 g/mol. The molecule has 0 amide bonds. The standard InChI is InChI=1S/C21H40NO5Si/c1-5-9-12-19-17-22(14-11-7-3)15-16-24-28(25-19,27-21(23)8-4)26-20(18-22)13-10-6-2/h8,19-20H,4-7,9-18H2,1-3H3/q+1. The lowest BCUT2D eigenvalue weighted by Crippen LogP contribution is -2.68. The first-order valence-corrected chi connectivity index (χ1v) is 12.8. The molecule has 6 nitrogen and oxygen atoms in total. The lowest BCUT2D eigenvalue weighted by molar-refractivity contribution is -0.936. The van der Waals surface area contributed by atoms with Crippen LogP contribution < -0.4 is 0 Å². The van der Waals surface area contributed by atoms with Gasteiger partial charge in [0.2, 0.25) is 0 Å². The fourth-order valence-electron chi connectivity index (χ4n) is 4.26. The largest absolute Gasteiger partial charge is 0.753 e. The number of unbranched alkanes of at least 4 members (excludes halogenated alkanes) is 3. The molecule has 162 valence electrons. The Morgan fingerprint density at radius 2 is 1.64 bits per heavy atom. The van der Waals surface area contributed by atoms with Crippen LogP contribution in [-0.2, 0) is 22.5 Å². The van der Waals surface area contributed by atoms with Crippen molar-refractivity contribution in [1.82, 2.24) is 0 Å². The fourth-order valence-corrected chi connectivity index (χ4v) is 6.48. The number of hydrogen-bond acceptors (Lipinski definition) is 5. The van der Waals surface area contributed by atoms with Crippen LogP contribution in [0.3, 0.4) is 0 Å². The summed E-state index contributed by atoms with van der Waals surface area (Å²) in [5, 5.41) is 0. The van der Waals surface area contributed by atoms with Crippen LogP contribution in [0.15, 0.2) is 12.7 Å². The Bertz CT molecular complexity index is 481. The van der Waals surface area contributed by atoms with Gasteiger partial charge in [0.25, 0.3) is 0 Å². The maximum absolute atomic E-state index is 12.1. The Labute approximate surface area is 172 Å². The minimum absolute atomic E-state index is 0.00601. The predicted octanol–water partition coefficient (Wildman–Crippen LogP) is 3.96. The molecule has 2 bridgehead atoms. The molecule has 2 atom stereocenters. The van der Waals surface area contributed by atoms with Crippen molar-refractivity contribution < 1.29 is 27.0 Å². The molecule has 28 heavy (non-hydrogen) atoms. The van der Waals surface area contributed by atoms with Crippen LogP contribution in [0.5, 0.6) is 0 Å². The molecule has 0 radical (unpaired) electrons. The van der Waals surface area contributed by atoms with E-state index in [-0.39, 0.29) is 12.2 Å². The Hall–Kier alpha value is -0.733. The van der Waals surface area contributed by atoms with Crippen molar-refractivity contribution in [2.45, 2.75) is 84.3 Å². The van der Waals surface area contributed by atoms with Gasteiger partial charge in [-0.3, -0.25) is 0 Å². The van der Waals surface area contributed by atoms with Crippen LogP contribution in [0.1, 0.15) is 72.1 Å². The molecule has 3 saturated heterocycles. The first-order chi connectivity index (χ1) is 13.5. The molecule has 0 aromatic heterocycles. The molecule has 3 rings (SSSR count). The van der Waals surface area contributed by atoms with Crippen molar-refractivity contribution in [1.29, 1.82) is 0 Å². The molecule has 3 aliphatic heterocycles. The quantitative estimate of drug-likeness (QED) is 0.291. The molecule has 3 fully saturated rings. The summed E-state index contributed by atoms with van der Waals surface area (Å²) in [6.45, 7) is 14.6. The topological polar surface area (TPSA) is 54.0 Å². The second-order valence-electron chi connectivity index (χ2n) is 8.25. The average Bonchev–Trinajstić information content (AvgIpc) is 2.65. The van der Waals surface area contributed by atoms with Crippen LogP contribution in [0.25, 0.3) is 0 Å². The van der Waals surface area contributed by atoms with E-state index in [0.717, 1.165) is 69.2 Å². The molecule has 3 aliphatic rings. The third-order valence-electron chi connectivity index (χ3n) is 5.79. The molecule has 2 unspecified atom stereocenters. The zero-order valence-electron chi connectivity index (χ0n) is 18.1. The van der Waals surface area contributed by atoms with Crippen molar-refractivity contribution >= 4 is 15.0 Å². The van der Waals surface area contributed by atoms with Crippen molar-refractivity contribution in [2.75, 3.05) is 32.8 Å². The SMILES string of the molecule is C=CC(=O)O[Si]12OCC[N+](CCCC)(CC(CCCC)O1)CC(CCCC)O2. The van der Waals surface area contributed by atoms with E-state index in [1.807, 2.05) is 0 Å². The van der Waals surface area contributed by atoms with Crippen LogP contribution in [0.4, 0.5) is 0 Å². The summed E-state index contributed by atoms with van der Waals surface area (Å²) >= 11 is 0. The van der Waals surface area contributed by atoms with Gasteiger partial charge < -0.3 is 22.2 Å². The Balaban J connectivity index is 2.32. The molecule has 0 N–H and O–H groups in total. The van der Waals surface area contributed by atoms with E-state index < -0.39 is 15.0 Å². The Morgan fingerprint density at radius 3 is 2.14 bits per heavy atom. The number of fused-ring (bicyclic) bond motifs is 6. The Morgan fingerprint density at radius 1 is 1.07 bits per heavy atom. The van der Waals surface area contributed by atoms with E-state index in [4.69, 9.17) is 17.7 Å². The van der Waals surface area contributed by atoms with Gasteiger partial charge in [0.15, 0.2) is 0 Å². The highest BCUT2D eigenvalue weighted by molar-refractivity contribution is 6.56. The van der Waals surface area contributed by atoms with Gasteiger partial charge >= 0.3 is 15.0 Å². The molecular weight excluding hydrogens is 374 g/mol. The summed E-state index contributed by atoms with van der Waals surface area (Å²) in [7, 11) is -3.53. The number of nitrogens with zero attached hydrogens (tertiary/aromatic N) is 1. The summed E-state index contributed by atoms with van der Waals surface area (Å²) < 4.78 is 25.6.